The van der Waals surface area contributed by atoms with E-state index in [1.165, 1.54) is 6.92 Å². The van der Waals surface area contributed by atoms with Crippen LogP contribution in [0.1, 0.15) is 30.5 Å². The first-order valence-corrected chi connectivity index (χ1v) is 10.8. The van der Waals surface area contributed by atoms with Crippen molar-refractivity contribution in [3.63, 3.8) is 0 Å². The normalized spacial score (nSPS) is 12.1. The predicted octanol–water partition coefficient (Wildman–Crippen LogP) is 2.60. The van der Waals surface area contributed by atoms with E-state index in [4.69, 9.17) is 11.6 Å². The molecule has 0 fully saturated rings. The van der Waals surface area contributed by atoms with Crippen LogP contribution >= 0.6 is 11.6 Å². The quantitative estimate of drug-likeness (QED) is 0.606. The van der Waals surface area contributed by atoms with Gasteiger partial charge in [-0.3, -0.25) is 14.3 Å². The Morgan fingerprint density at radius 3 is 2.39 bits per heavy atom. The number of anilines is 1. The molecule has 1 atom stereocenters. The van der Waals surface area contributed by atoms with Crippen LogP contribution in [-0.2, 0) is 26.2 Å². The van der Waals surface area contributed by atoms with Gasteiger partial charge in [0.25, 0.3) is 0 Å². The Bertz CT molecular complexity index is 946. The first kappa shape index (κ1) is 21.7. The summed E-state index contributed by atoms with van der Waals surface area (Å²) in [6.07, 6.45) is 1.13. The molecule has 0 aliphatic heterocycles. The van der Waals surface area contributed by atoms with Crippen LogP contribution < -0.4 is 15.4 Å². The molecule has 0 saturated carbocycles. The lowest BCUT2D eigenvalue weighted by molar-refractivity contribution is -0.122. The Kier molecular flexibility index (Phi) is 7.42. The molecular formula is C19H22ClN3O4S. The SMILES string of the molecule is CC(=O)N[C@@H](CC(=O)NCc1cccc(NS(C)(=O)=O)c1)c1ccc(Cl)cc1. The third-order valence-electron chi connectivity index (χ3n) is 3.76. The van der Waals surface area contributed by atoms with Crippen molar-refractivity contribution in [2.24, 2.45) is 0 Å². The summed E-state index contributed by atoms with van der Waals surface area (Å²) in [7, 11) is -3.37. The van der Waals surface area contributed by atoms with E-state index in [0.29, 0.717) is 10.7 Å². The van der Waals surface area contributed by atoms with E-state index in [-0.39, 0.29) is 24.8 Å². The summed E-state index contributed by atoms with van der Waals surface area (Å²) >= 11 is 5.89. The highest BCUT2D eigenvalue weighted by atomic mass is 35.5. The molecule has 7 nitrogen and oxygen atoms in total. The lowest BCUT2D eigenvalue weighted by atomic mass is 10.0. The first-order valence-electron chi connectivity index (χ1n) is 8.48. The fourth-order valence-electron chi connectivity index (χ4n) is 2.61. The molecule has 2 aromatic rings. The molecule has 0 radical (unpaired) electrons. The third kappa shape index (κ3) is 7.58. The number of carbonyl (C=O) groups is 2. The van der Waals surface area contributed by atoms with Gasteiger partial charge in [0.15, 0.2) is 0 Å². The Morgan fingerprint density at radius 2 is 1.79 bits per heavy atom. The van der Waals surface area contributed by atoms with Gasteiger partial charge < -0.3 is 10.6 Å². The maximum Gasteiger partial charge on any atom is 0.229 e. The van der Waals surface area contributed by atoms with E-state index in [9.17, 15) is 18.0 Å². The van der Waals surface area contributed by atoms with Crippen LogP contribution in [0.25, 0.3) is 0 Å². The zero-order valence-electron chi connectivity index (χ0n) is 15.5. The van der Waals surface area contributed by atoms with Crippen LogP contribution in [0, 0.1) is 0 Å². The number of nitrogens with one attached hydrogen (secondary N) is 3. The Hall–Kier alpha value is -2.58. The summed E-state index contributed by atoms with van der Waals surface area (Å²) in [5.41, 5.74) is 1.94. The van der Waals surface area contributed by atoms with E-state index in [0.717, 1.165) is 17.4 Å². The van der Waals surface area contributed by atoms with Crippen LogP contribution in [0.5, 0.6) is 0 Å². The predicted molar refractivity (Wildman–Crippen MR) is 109 cm³/mol. The van der Waals surface area contributed by atoms with E-state index < -0.39 is 16.1 Å². The van der Waals surface area contributed by atoms with Crippen LogP contribution in [0.3, 0.4) is 0 Å². The highest BCUT2D eigenvalue weighted by Crippen LogP contribution is 2.20. The lowest BCUT2D eigenvalue weighted by Gasteiger charge is -2.18. The standard InChI is InChI=1S/C19H22ClN3O4S/c1-13(24)22-18(15-6-8-16(20)9-7-15)11-19(25)21-12-14-4-3-5-17(10-14)23-28(2,26)27/h3-10,18,23H,11-12H2,1-2H3,(H,21,25)(H,22,24)/t18-/m0/s1. The Balaban J connectivity index is 2.00. The summed E-state index contributed by atoms with van der Waals surface area (Å²) < 4.78 is 25.0. The number of amides is 2. The van der Waals surface area contributed by atoms with Crippen molar-refractivity contribution in [1.29, 1.82) is 0 Å². The van der Waals surface area contributed by atoms with E-state index >= 15 is 0 Å². The molecule has 0 saturated heterocycles. The van der Waals surface area contributed by atoms with Crippen molar-refractivity contribution in [3.05, 3.63) is 64.7 Å². The molecular weight excluding hydrogens is 402 g/mol. The average Bonchev–Trinajstić information content (AvgIpc) is 2.58. The zero-order chi connectivity index (χ0) is 20.7. The van der Waals surface area contributed by atoms with Crippen molar-refractivity contribution >= 4 is 39.1 Å². The lowest BCUT2D eigenvalue weighted by Crippen LogP contribution is -2.32. The summed E-state index contributed by atoms with van der Waals surface area (Å²) in [5, 5.41) is 6.11. The largest absolute Gasteiger partial charge is 0.352 e. The summed E-state index contributed by atoms with van der Waals surface area (Å²) in [5.74, 6) is -0.498. The topological polar surface area (TPSA) is 104 Å². The van der Waals surface area contributed by atoms with Crippen LogP contribution in [0.2, 0.25) is 5.02 Å². The first-order chi connectivity index (χ1) is 13.1. The van der Waals surface area contributed by atoms with Crippen LogP contribution in [0.4, 0.5) is 5.69 Å². The highest BCUT2D eigenvalue weighted by molar-refractivity contribution is 7.92. The number of carbonyl (C=O) groups excluding carboxylic acids is 2. The van der Waals surface area contributed by atoms with E-state index in [1.807, 2.05) is 0 Å². The van der Waals surface area contributed by atoms with Gasteiger partial charge in [0.05, 0.1) is 18.7 Å². The smallest absolute Gasteiger partial charge is 0.229 e. The van der Waals surface area contributed by atoms with Gasteiger partial charge in [0, 0.05) is 24.2 Å². The molecule has 0 heterocycles. The number of rotatable bonds is 8. The van der Waals surface area contributed by atoms with Crippen molar-refractivity contribution in [1.82, 2.24) is 10.6 Å². The summed E-state index contributed by atoms with van der Waals surface area (Å²) in [4.78, 5) is 23.8. The van der Waals surface area contributed by atoms with Gasteiger partial charge in [-0.25, -0.2) is 8.42 Å². The number of halogens is 1. The molecule has 2 aromatic carbocycles. The molecule has 0 aliphatic rings. The van der Waals surface area contributed by atoms with Crippen molar-refractivity contribution in [2.75, 3.05) is 11.0 Å². The van der Waals surface area contributed by atoms with Crippen LogP contribution in [-0.4, -0.2) is 26.5 Å². The van der Waals surface area contributed by atoms with Gasteiger partial charge in [0.2, 0.25) is 21.8 Å². The third-order valence-corrected chi connectivity index (χ3v) is 4.62. The minimum atomic E-state index is -3.37. The highest BCUT2D eigenvalue weighted by Gasteiger charge is 2.17. The molecule has 0 bridgehead atoms. The number of benzene rings is 2. The average molecular weight is 424 g/mol. The van der Waals surface area contributed by atoms with Gasteiger partial charge >= 0.3 is 0 Å². The second kappa shape index (κ2) is 9.57. The molecule has 150 valence electrons. The molecule has 2 rings (SSSR count). The Labute approximate surface area is 169 Å². The summed E-state index contributed by atoms with van der Waals surface area (Å²) in [6.45, 7) is 1.62. The second-order valence-electron chi connectivity index (χ2n) is 6.36. The zero-order valence-corrected chi connectivity index (χ0v) is 17.1. The molecule has 0 aromatic heterocycles. The van der Waals surface area contributed by atoms with Crippen molar-refractivity contribution in [3.8, 4) is 0 Å². The maximum atomic E-state index is 12.4. The molecule has 28 heavy (non-hydrogen) atoms. The molecule has 2 amide bonds. The van der Waals surface area contributed by atoms with Gasteiger partial charge in [-0.15, -0.1) is 0 Å². The molecule has 0 unspecified atom stereocenters. The van der Waals surface area contributed by atoms with Gasteiger partial charge in [-0.2, -0.15) is 0 Å². The molecule has 9 heteroatoms. The second-order valence-corrected chi connectivity index (χ2v) is 8.55. The minimum absolute atomic E-state index is 0.0580. The number of hydrogen-bond donors (Lipinski definition) is 3. The molecule has 0 aliphatic carbocycles. The van der Waals surface area contributed by atoms with Crippen molar-refractivity contribution < 1.29 is 18.0 Å². The minimum Gasteiger partial charge on any atom is -0.352 e. The van der Waals surface area contributed by atoms with E-state index in [1.54, 1.807) is 48.5 Å². The summed E-state index contributed by atoms with van der Waals surface area (Å²) in [6, 6.07) is 13.2. The van der Waals surface area contributed by atoms with Crippen LogP contribution in [0.15, 0.2) is 48.5 Å². The fourth-order valence-corrected chi connectivity index (χ4v) is 3.29. The maximum absolute atomic E-state index is 12.4. The van der Waals surface area contributed by atoms with Crippen molar-refractivity contribution in [2.45, 2.75) is 25.9 Å². The molecule has 3 N–H and O–H groups in total. The Morgan fingerprint density at radius 1 is 1.11 bits per heavy atom. The van der Waals surface area contributed by atoms with Gasteiger partial charge in [-0.05, 0) is 35.4 Å². The molecule has 0 spiro atoms. The number of sulfonamides is 1. The monoisotopic (exact) mass is 423 g/mol. The van der Waals surface area contributed by atoms with E-state index in [2.05, 4.69) is 15.4 Å². The number of hydrogen-bond acceptors (Lipinski definition) is 4. The van der Waals surface area contributed by atoms with Gasteiger partial charge in [-0.1, -0.05) is 35.9 Å². The fraction of sp³-hybridized carbons (Fsp3) is 0.263. The van der Waals surface area contributed by atoms with Gasteiger partial charge in [0.1, 0.15) is 0 Å².